The minimum atomic E-state index is -0.153. The minimum absolute atomic E-state index is 0.153. The largest absolute Gasteiger partial charge is 0.493 e. The molecule has 6 heteroatoms. The van der Waals surface area contributed by atoms with Crippen LogP contribution < -0.4 is 9.47 Å². The van der Waals surface area contributed by atoms with Gasteiger partial charge in [-0.3, -0.25) is 4.79 Å². The second kappa shape index (κ2) is 8.93. The number of halogens is 1. The lowest BCUT2D eigenvalue weighted by Crippen LogP contribution is -2.24. The van der Waals surface area contributed by atoms with Gasteiger partial charge in [-0.15, -0.1) is 0 Å². The monoisotopic (exact) mass is 370 g/mol. The van der Waals surface area contributed by atoms with E-state index in [1.165, 1.54) is 20.3 Å². The number of likely N-dealkylation sites (N-methyl/N-ethyl adjacent to an activating group) is 1. The molecule has 1 amide bonds. The van der Waals surface area contributed by atoms with Crippen LogP contribution >= 0.6 is 11.6 Å². The van der Waals surface area contributed by atoms with Gasteiger partial charge in [-0.05, 0) is 41.5 Å². The van der Waals surface area contributed by atoms with Crippen LogP contribution in [-0.4, -0.2) is 32.1 Å². The summed E-state index contributed by atoms with van der Waals surface area (Å²) in [6.45, 7) is 0.446. The molecule has 0 unspecified atom stereocenters. The Bertz CT molecular complexity index is 855. The van der Waals surface area contributed by atoms with E-state index in [1.807, 2.05) is 12.1 Å². The first-order chi connectivity index (χ1) is 12.5. The van der Waals surface area contributed by atoms with Crippen LogP contribution in [0.4, 0.5) is 0 Å². The predicted molar refractivity (Wildman–Crippen MR) is 101 cm³/mol. The van der Waals surface area contributed by atoms with Crippen LogP contribution in [0, 0.1) is 11.3 Å². The van der Waals surface area contributed by atoms with Gasteiger partial charge in [0.25, 0.3) is 0 Å². The SMILES string of the molecule is COc1cc(/C=C/C(=O)N(C)Cc2ccc(C#N)cc2)cc(Cl)c1OC. The van der Waals surface area contributed by atoms with Crippen molar-refractivity contribution in [3.05, 3.63) is 64.2 Å². The number of hydrogen-bond acceptors (Lipinski definition) is 4. The zero-order valence-corrected chi connectivity index (χ0v) is 15.6. The van der Waals surface area contributed by atoms with E-state index in [2.05, 4.69) is 6.07 Å². The van der Waals surface area contributed by atoms with Crippen molar-refractivity contribution in [3.8, 4) is 17.6 Å². The number of methoxy groups -OCH3 is 2. The normalized spacial score (nSPS) is 10.4. The van der Waals surface area contributed by atoms with Crippen molar-refractivity contribution in [2.75, 3.05) is 21.3 Å². The van der Waals surface area contributed by atoms with Crippen LogP contribution in [0.5, 0.6) is 11.5 Å². The average molecular weight is 371 g/mol. The number of ether oxygens (including phenoxy) is 2. The Labute approximate surface area is 158 Å². The number of rotatable bonds is 6. The number of amides is 1. The number of nitriles is 1. The van der Waals surface area contributed by atoms with Crippen LogP contribution in [0.25, 0.3) is 6.08 Å². The maximum absolute atomic E-state index is 12.3. The molecule has 26 heavy (non-hydrogen) atoms. The molecule has 0 saturated carbocycles. The molecule has 0 spiro atoms. The zero-order valence-electron chi connectivity index (χ0n) is 14.8. The number of nitrogens with zero attached hydrogens (tertiary/aromatic N) is 2. The smallest absolute Gasteiger partial charge is 0.246 e. The van der Waals surface area contributed by atoms with Gasteiger partial charge < -0.3 is 14.4 Å². The lowest BCUT2D eigenvalue weighted by Gasteiger charge is -2.15. The summed E-state index contributed by atoms with van der Waals surface area (Å²) in [5.74, 6) is 0.800. The maximum Gasteiger partial charge on any atom is 0.246 e. The molecule has 134 valence electrons. The molecule has 5 nitrogen and oxygen atoms in total. The fourth-order valence-corrected chi connectivity index (χ4v) is 2.66. The summed E-state index contributed by atoms with van der Waals surface area (Å²) in [7, 11) is 4.76. The van der Waals surface area contributed by atoms with Gasteiger partial charge in [0.2, 0.25) is 5.91 Å². The van der Waals surface area contributed by atoms with E-state index >= 15 is 0 Å². The van der Waals surface area contributed by atoms with Crippen LogP contribution in [-0.2, 0) is 11.3 Å². The highest BCUT2D eigenvalue weighted by Crippen LogP contribution is 2.36. The van der Waals surface area contributed by atoms with Gasteiger partial charge in [-0.25, -0.2) is 0 Å². The topological polar surface area (TPSA) is 62.6 Å². The Hall–Kier alpha value is -2.97. The van der Waals surface area contributed by atoms with Crippen molar-refractivity contribution >= 4 is 23.6 Å². The zero-order chi connectivity index (χ0) is 19.1. The van der Waals surface area contributed by atoms with Gasteiger partial charge in [0, 0.05) is 19.7 Å². The molecule has 2 aromatic rings. The molecule has 0 bridgehead atoms. The summed E-state index contributed by atoms with van der Waals surface area (Å²) in [6, 6.07) is 12.6. The number of carbonyl (C=O) groups is 1. The van der Waals surface area contributed by atoms with E-state index in [9.17, 15) is 4.79 Å². The first-order valence-corrected chi connectivity index (χ1v) is 8.20. The van der Waals surface area contributed by atoms with Crippen LogP contribution in [0.1, 0.15) is 16.7 Å². The molecule has 0 aliphatic rings. The Morgan fingerprint density at radius 1 is 1.23 bits per heavy atom. The quantitative estimate of drug-likeness (QED) is 0.723. The van der Waals surface area contributed by atoms with Gasteiger partial charge in [0.15, 0.2) is 11.5 Å². The highest BCUT2D eigenvalue weighted by atomic mass is 35.5. The van der Waals surface area contributed by atoms with Crippen molar-refractivity contribution in [2.45, 2.75) is 6.54 Å². The van der Waals surface area contributed by atoms with E-state index in [0.29, 0.717) is 28.6 Å². The van der Waals surface area contributed by atoms with Crippen molar-refractivity contribution in [2.24, 2.45) is 0 Å². The molecule has 0 heterocycles. The van der Waals surface area contributed by atoms with Gasteiger partial charge in [-0.1, -0.05) is 23.7 Å². The lowest BCUT2D eigenvalue weighted by atomic mass is 10.1. The van der Waals surface area contributed by atoms with Crippen molar-refractivity contribution in [3.63, 3.8) is 0 Å². The first-order valence-electron chi connectivity index (χ1n) is 7.82. The van der Waals surface area contributed by atoms with E-state index in [4.69, 9.17) is 26.3 Å². The number of carbonyl (C=O) groups excluding carboxylic acids is 1. The summed E-state index contributed by atoms with van der Waals surface area (Å²) < 4.78 is 10.4. The average Bonchev–Trinajstić information content (AvgIpc) is 2.66. The molecule has 2 aromatic carbocycles. The van der Waals surface area contributed by atoms with Crippen LogP contribution in [0.3, 0.4) is 0 Å². The van der Waals surface area contributed by atoms with Gasteiger partial charge in [0.05, 0.1) is 30.9 Å². The van der Waals surface area contributed by atoms with E-state index in [1.54, 1.807) is 42.3 Å². The molecule has 0 N–H and O–H groups in total. The summed E-state index contributed by atoms with van der Waals surface area (Å²) in [5, 5.41) is 9.22. The molecule has 0 radical (unpaired) electrons. The van der Waals surface area contributed by atoms with Crippen LogP contribution in [0.2, 0.25) is 5.02 Å². The van der Waals surface area contributed by atoms with Gasteiger partial charge in [0.1, 0.15) is 0 Å². The molecular formula is C20H19ClN2O3. The highest BCUT2D eigenvalue weighted by Gasteiger charge is 2.10. The highest BCUT2D eigenvalue weighted by molar-refractivity contribution is 6.32. The fraction of sp³-hybridized carbons (Fsp3) is 0.200. The maximum atomic E-state index is 12.3. The summed E-state index contributed by atoms with van der Waals surface area (Å²) in [6.07, 6.45) is 3.15. The molecule has 0 aromatic heterocycles. The van der Waals surface area contributed by atoms with Crippen molar-refractivity contribution < 1.29 is 14.3 Å². The summed E-state index contributed by atoms with van der Waals surface area (Å²) >= 11 is 6.17. The number of hydrogen-bond donors (Lipinski definition) is 0. The Balaban J connectivity index is 2.08. The predicted octanol–water partition coefficient (Wildman–Crippen LogP) is 3.90. The summed E-state index contributed by atoms with van der Waals surface area (Å²) in [4.78, 5) is 13.9. The van der Waals surface area contributed by atoms with Crippen LogP contribution in [0.15, 0.2) is 42.5 Å². The molecule has 0 fully saturated rings. The third-order valence-corrected chi connectivity index (χ3v) is 4.03. The van der Waals surface area contributed by atoms with Gasteiger partial charge >= 0.3 is 0 Å². The second-order valence-corrected chi connectivity index (χ2v) is 5.98. The lowest BCUT2D eigenvalue weighted by molar-refractivity contribution is -0.125. The fourth-order valence-electron chi connectivity index (χ4n) is 2.37. The first kappa shape index (κ1) is 19.4. The molecule has 0 aliphatic heterocycles. The third-order valence-electron chi connectivity index (χ3n) is 3.75. The molecule has 0 aliphatic carbocycles. The summed E-state index contributed by atoms with van der Waals surface area (Å²) in [5.41, 5.74) is 2.27. The number of benzene rings is 2. The molecular weight excluding hydrogens is 352 g/mol. The molecule has 0 atom stereocenters. The van der Waals surface area contributed by atoms with Crippen molar-refractivity contribution in [1.82, 2.24) is 4.90 Å². The van der Waals surface area contributed by atoms with E-state index in [0.717, 1.165) is 11.1 Å². The Morgan fingerprint density at radius 3 is 2.50 bits per heavy atom. The van der Waals surface area contributed by atoms with Crippen molar-refractivity contribution in [1.29, 1.82) is 5.26 Å². The van der Waals surface area contributed by atoms with E-state index in [-0.39, 0.29) is 5.91 Å². The molecule has 0 saturated heterocycles. The standard InChI is InChI=1S/C20H19ClN2O3/c1-23(13-15-6-4-14(12-22)5-7-15)19(24)9-8-16-10-17(21)20(26-3)18(11-16)25-2/h4-11H,13H2,1-3H3/b9-8+. The van der Waals surface area contributed by atoms with Gasteiger partial charge in [-0.2, -0.15) is 5.26 Å². The van der Waals surface area contributed by atoms with E-state index < -0.39 is 0 Å². The second-order valence-electron chi connectivity index (χ2n) is 5.57. The minimum Gasteiger partial charge on any atom is -0.493 e. The molecule has 2 rings (SSSR count). The Morgan fingerprint density at radius 2 is 1.92 bits per heavy atom. The Kier molecular flexibility index (Phi) is 6.65. The third kappa shape index (κ3) is 4.78.